The molecule has 9 rings (SSSR count). The zero-order valence-electron chi connectivity index (χ0n) is 35.8. The normalized spacial score (nSPS) is 18.7. The molecule has 2 aliphatic heterocycles. The van der Waals surface area contributed by atoms with Gasteiger partial charge in [0.2, 0.25) is 5.91 Å². The lowest BCUT2D eigenvalue weighted by Gasteiger charge is -2.29. The number of hydrogen-bond acceptors (Lipinski definition) is 9. The van der Waals surface area contributed by atoms with Crippen LogP contribution in [0.4, 0.5) is 9.59 Å². The second kappa shape index (κ2) is 17.3. The number of fused-ring (bicyclic) bond motifs is 6. The lowest BCUT2D eigenvalue weighted by Crippen LogP contribution is -2.51. The van der Waals surface area contributed by atoms with Gasteiger partial charge < -0.3 is 39.9 Å². The Hall–Kier alpha value is -6.61. The van der Waals surface area contributed by atoms with E-state index in [4.69, 9.17) is 19.4 Å². The van der Waals surface area contributed by atoms with E-state index >= 15 is 0 Å². The van der Waals surface area contributed by atoms with Gasteiger partial charge in [0.15, 0.2) is 0 Å². The number of nitrogens with one attached hydrogen (secondary N) is 4. The van der Waals surface area contributed by atoms with Crippen molar-refractivity contribution in [3.8, 4) is 11.1 Å². The van der Waals surface area contributed by atoms with Crippen molar-refractivity contribution in [3.63, 3.8) is 0 Å². The third-order valence-corrected chi connectivity index (χ3v) is 13.6. The van der Waals surface area contributed by atoms with Crippen LogP contribution in [0, 0.1) is 5.92 Å². The van der Waals surface area contributed by atoms with Gasteiger partial charge in [-0.3, -0.25) is 9.59 Å². The van der Waals surface area contributed by atoms with Crippen molar-refractivity contribution in [3.05, 3.63) is 108 Å². The first-order chi connectivity index (χ1) is 30.5. The Bertz CT molecular complexity index is 2880. The van der Waals surface area contributed by atoms with Gasteiger partial charge in [-0.2, -0.15) is 11.8 Å². The van der Waals surface area contributed by atoms with Crippen LogP contribution < -0.4 is 10.6 Å². The van der Waals surface area contributed by atoms with E-state index in [1.807, 2.05) is 66.1 Å². The number of carbonyl (C=O) groups is 4. The van der Waals surface area contributed by atoms with Gasteiger partial charge in [-0.25, -0.2) is 19.6 Å². The fourth-order valence-electron chi connectivity index (χ4n) is 9.26. The zero-order chi connectivity index (χ0) is 43.9. The summed E-state index contributed by atoms with van der Waals surface area (Å²) in [5.41, 5.74) is 6.25. The van der Waals surface area contributed by atoms with Crippen molar-refractivity contribution in [2.24, 2.45) is 5.92 Å². The quantitative estimate of drug-likeness (QED) is 0.105. The van der Waals surface area contributed by atoms with Crippen molar-refractivity contribution >= 4 is 79.4 Å². The highest BCUT2D eigenvalue weighted by Crippen LogP contribution is 2.40. The predicted molar refractivity (Wildman–Crippen MR) is 245 cm³/mol. The highest BCUT2D eigenvalue weighted by Gasteiger charge is 2.41. The molecule has 324 valence electrons. The number of imidazole rings is 2. The van der Waals surface area contributed by atoms with E-state index in [9.17, 15) is 19.2 Å². The van der Waals surface area contributed by atoms with Gasteiger partial charge in [0.25, 0.3) is 5.91 Å². The number of thioether (sulfide) groups is 1. The smallest absolute Gasteiger partial charge is 0.407 e. The van der Waals surface area contributed by atoms with Crippen molar-refractivity contribution in [2.75, 3.05) is 33.6 Å². The zero-order valence-corrected chi connectivity index (χ0v) is 36.6. The van der Waals surface area contributed by atoms with Crippen LogP contribution in [0.25, 0.3) is 54.7 Å². The van der Waals surface area contributed by atoms with Crippen molar-refractivity contribution < 1.29 is 28.7 Å². The summed E-state index contributed by atoms with van der Waals surface area (Å²) in [6.45, 7) is 4.92. The van der Waals surface area contributed by atoms with Gasteiger partial charge in [0.05, 0.1) is 48.4 Å². The molecule has 0 spiro atoms. The number of nitrogens with zero attached hydrogens (tertiary/aromatic N) is 4. The number of alkyl carbamates (subject to hydrolysis) is 2. The number of methoxy groups -OCH3 is 2. The molecular formula is C48H50N8O6S. The number of carbonyl (C=O) groups excluding carboxylic acids is 4. The molecule has 2 aromatic heterocycles. The minimum atomic E-state index is -0.912. The van der Waals surface area contributed by atoms with Crippen LogP contribution in [0.1, 0.15) is 68.4 Å². The van der Waals surface area contributed by atoms with E-state index in [0.717, 1.165) is 79.8 Å². The van der Waals surface area contributed by atoms with E-state index in [1.165, 1.54) is 14.2 Å². The highest BCUT2D eigenvalue weighted by molar-refractivity contribution is 7.99. The number of benzene rings is 5. The molecular weight excluding hydrogens is 817 g/mol. The van der Waals surface area contributed by atoms with Crippen LogP contribution >= 0.6 is 11.8 Å². The van der Waals surface area contributed by atoms with Crippen molar-refractivity contribution in [2.45, 2.75) is 62.5 Å². The summed E-state index contributed by atoms with van der Waals surface area (Å²) in [5, 5.41) is 9.77. The summed E-state index contributed by atoms with van der Waals surface area (Å²) in [4.78, 5) is 73.5. The highest BCUT2D eigenvalue weighted by atomic mass is 32.2. The Morgan fingerprint density at radius 2 is 1.32 bits per heavy atom. The first-order valence-corrected chi connectivity index (χ1v) is 22.6. The first kappa shape index (κ1) is 41.7. The fraction of sp³-hybridized carbons (Fsp3) is 0.333. The van der Waals surface area contributed by atoms with E-state index < -0.39 is 24.3 Å². The third kappa shape index (κ3) is 7.90. The molecule has 2 fully saturated rings. The summed E-state index contributed by atoms with van der Waals surface area (Å²) in [5.74, 6) is 0.967. The van der Waals surface area contributed by atoms with Gasteiger partial charge in [-0.05, 0) is 83.2 Å². The number of hydrogen-bond donors (Lipinski definition) is 4. The van der Waals surface area contributed by atoms with Crippen LogP contribution in [0.15, 0.2) is 91.0 Å². The molecule has 2 aliphatic rings. The van der Waals surface area contributed by atoms with Crippen LogP contribution in [0.3, 0.4) is 0 Å². The molecule has 0 saturated carbocycles. The minimum Gasteiger partial charge on any atom is -0.453 e. The van der Waals surface area contributed by atoms with Crippen molar-refractivity contribution in [1.29, 1.82) is 0 Å². The van der Waals surface area contributed by atoms with Gasteiger partial charge in [-0.1, -0.05) is 80.6 Å². The number of ether oxygens (including phenoxy) is 2. The van der Waals surface area contributed by atoms with Gasteiger partial charge in [-0.15, -0.1) is 0 Å². The standard InChI is InChI=1S/C48H50N8O6S/c1-26(2)39(53-47(59)61-3)45(57)55-21-9-12-37(55)43-49-35-19-15-30-22-28(13-17-33(30)41(35)51-43)29-14-18-34-31(23-29)16-20-36-42(34)52-44(50-36)38-24-32(63-5)25-56(38)46(58)40(54-48(60)62-4)27-10-7-6-8-11-27/h6-8,10-11,13-20,22-23,26,32,37-40H,9,12,21,24-25H2,1-5H3,(H,49,51)(H,50,52)(H,53,59)(H,54,60). The van der Waals surface area contributed by atoms with Crippen LogP contribution in [-0.4, -0.2) is 98.6 Å². The molecule has 0 bridgehead atoms. The number of likely N-dealkylation sites (tertiary alicyclic amines) is 2. The summed E-state index contributed by atoms with van der Waals surface area (Å²) in [7, 11) is 2.58. The summed E-state index contributed by atoms with van der Waals surface area (Å²) in [6.07, 6.45) is 3.08. The molecule has 4 heterocycles. The molecule has 0 aliphatic carbocycles. The topological polar surface area (TPSA) is 175 Å². The molecule has 4 N–H and O–H groups in total. The predicted octanol–water partition coefficient (Wildman–Crippen LogP) is 8.56. The summed E-state index contributed by atoms with van der Waals surface area (Å²) < 4.78 is 9.70. The van der Waals surface area contributed by atoms with E-state index in [1.54, 1.807) is 11.8 Å². The molecule has 5 unspecified atom stereocenters. The molecule has 2 saturated heterocycles. The average molecular weight is 867 g/mol. The number of H-pyrrole nitrogens is 2. The number of aromatic amines is 2. The number of amides is 4. The Labute approximate surface area is 368 Å². The average Bonchev–Trinajstić information content (AvgIpc) is 4.14. The molecule has 0 radical (unpaired) electrons. The largest absolute Gasteiger partial charge is 0.453 e. The maximum Gasteiger partial charge on any atom is 0.407 e. The van der Waals surface area contributed by atoms with Gasteiger partial charge in [0, 0.05) is 29.1 Å². The molecule has 14 nitrogen and oxygen atoms in total. The second-order valence-corrected chi connectivity index (χ2v) is 17.8. The molecule has 5 aromatic carbocycles. The van der Waals surface area contributed by atoms with Gasteiger partial charge >= 0.3 is 12.2 Å². The molecule has 15 heteroatoms. The molecule has 7 aromatic rings. The molecule has 63 heavy (non-hydrogen) atoms. The minimum absolute atomic E-state index is 0.118. The summed E-state index contributed by atoms with van der Waals surface area (Å²) >= 11 is 1.72. The Morgan fingerprint density at radius 3 is 1.89 bits per heavy atom. The number of aromatic nitrogens is 4. The second-order valence-electron chi connectivity index (χ2n) is 16.7. The van der Waals surface area contributed by atoms with E-state index in [0.29, 0.717) is 24.5 Å². The summed E-state index contributed by atoms with van der Waals surface area (Å²) in [6, 6.07) is 28.1. The fourth-order valence-corrected chi connectivity index (χ4v) is 9.94. The lowest BCUT2D eigenvalue weighted by molar-refractivity contribution is -0.135. The van der Waals surface area contributed by atoms with E-state index in [-0.39, 0.29) is 35.1 Å². The monoisotopic (exact) mass is 866 g/mol. The maximum absolute atomic E-state index is 14.3. The van der Waals surface area contributed by atoms with Crippen LogP contribution in [-0.2, 0) is 19.1 Å². The first-order valence-electron chi connectivity index (χ1n) is 21.3. The Balaban J connectivity index is 0.985. The van der Waals surface area contributed by atoms with Crippen LogP contribution in [0.2, 0.25) is 0 Å². The van der Waals surface area contributed by atoms with Gasteiger partial charge in [0.1, 0.15) is 23.7 Å². The maximum atomic E-state index is 14.3. The molecule has 4 amide bonds. The van der Waals surface area contributed by atoms with Crippen molar-refractivity contribution in [1.82, 2.24) is 40.4 Å². The number of rotatable bonds is 10. The Kier molecular flexibility index (Phi) is 11.4. The Morgan fingerprint density at radius 1 is 0.730 bits per heavy atom. The van der Waals surface area contributed by atoms with E-state index in [2.05, 4.69) is 75.4 Å². The van der Waals surface area contributed by atoms with Crippen LogP contribution in [0.5, 0.6) is 0 Å². The lowest BCUT2D eigenvalue weighted by atomic mass is 9.98. The third-order valence-electron chi connectivity index (χ3n) is 12.6. The molecule has 5 atom stereocenters. The SMILES string of the molecule is COC(=O)NC(C(=O)N1CC(SC)CC1c1nc2c(ccc3cc(-c4ccc5c(ccc6[nH]c(C7CCCN7C(=O)C(NC(=O)OC)C(C)C)nc65)c4)ccc32)[nH]1)c1ccccc1.